The van der Waals surface area contributed by atoms with E-state index in [2.05, 4.69) is 23.6 Å². The molecule has 0 aliphatic rings. The molecule has 1 amide bonds. The first-order valence-electron chi connectivity index (χ1n) is 8.93. The Balaban J connectivity index is 2.35. The fraction of sp³-hybridized carbons (Fsp3) is 0.429. The van der Waals surface area contributed by atoms with Crippen molar-refractivity contribution in [2.45, 2.75) is 34.6 Å². The Morgan fingerprint density at radius 3 is 2.46 bits per heavy atom. The van der Waals surface area contributed by atoms with E-state index in [1.807, 2.05) is 39.0 Å². The highest BCUT2D eigenvalue weighted by atomic mass is 16.5. The fourth-order valence-electron chi connectivity index (χ4n) is 3.28. The van der Waals surface area contributed by atoms with Crippen LogP contribution in [0.1, 0.15) is 41.2 Å². The van der Waals surface area contributed by atoms with Crippen LogP contribution in [0, 0.1) is 26.7 Å². The third-order valence-electron chi connectivity index (χ3n) is 4.69. The molecule has 26 heavy (non-hydrogen) atoms. The Kier molecular flexibility index (Phi) is 6.24. The van der Waals surface area contributed by atoms with Gasteiger partial charge in [0.05, 0.1) is 18.6 Å². The lowest BCUT2D eigenvalue weighted by atomic mass is 10.1. The molecule has 1 aromatic carbocycles. The first-order valence-corrected chi connectivity index (χ1v) is 8.93. The van der Waals surface area contributed by atoms with Gasteiger partial charge in [0, 0.05) is 30.2 Å². The summed E-state index contributed by atoms with van der Waals surface area (Å²) in [4.78, 5) is 26.5. The zero-order chi connectivity index (χ0) is 19.4. The summed E-state index contributed by atoms with van der Waals surface area (Å²) < 4.78 is 6.87. The van der Waals surface area contributed by atoms with Gasteiger partial charge in [-0.05, 0) is 51.5 Å². The van der Waals surface area contributed by atoms with Crippen molar-refractivity contribution in [3.63, 3.8) is 0 Å². The Labute approximate surface area is 155 Å². The number of carbonyl (C=O) groups is 2. The molecule has 1 heterocycles. The van der Waals surface area contributed by atoms with Crippen LogP contribution in [0.5, 0.6) is 0 Å². The lowest BCUT2D eigenvalue weighted by Gasteiger charge is -2.23. The monoisotopic (exact) mass is 356 g/mol. The second kappa shape index (κ2) is 8.21. The third kappa shape index (κ3) is 3.98. The second-order valence-electron chi connectivity index (χ2n) is 6.73. The van der Waals surface area contributed by atoms with Gasteiger partial charge in [-0.15, -0.1) is 0 Å². The Morgan fingerprint density at radius 2 is 1.88 bits per heavy atom. The maximum atomic E-state index is 13.1. The summed E-state index contributed by atoms with van der Waals surface area (Å²) in [6.45, 7) is 10.6. The average Bonchev–Trinajstić information content (AvgIpc) is 2.92. The molecule has 2 rings (SSSR count). The molecule has 0 aliphatic carbocycles. The SMILES string of the molecule is CCN(CC(C)C(=O)OC)C(=O)c1cc(C)n(-c2cccc(C)c2)c1C. The molecule has 1 aromatic heterocycles. The van der Waals surface area contributed by atoms with Gasteiger partial charge < -0.3 is 14.2 Å². The first kappa shape index (κ1) is 19.8. The fourth-order valence-corrected chi connectivity index (χ4v) is 3.28. The van der Waals surface area contributed by atoms with Crippen molar-refractivity contribution in [2.75, 3.05) is 20.2 Å². The predicted octanol–water partition coefficient (Wildman–Crippen LogP) is 3.67. The van der Waals surface area contributed by atoms with Gasteiger partial charge in [-0.25, -0.2) is 0 Å². The third-order valence-corrected chi connectivity index (χ3v) is 4.69. The molecule has 0 saturated heterocycles. The van der Waals surface area contributed by atoms with Gasteiger partial charge in [-0.2, -0.15) is 0 Å². The Hall–Kier alpha value is -2.56. The Morgan fingerprint density at radius 1 is 1.19 bits per heavy atom. The summed E-state index contributed by atoms with van der Waals surface area (Å²) in [5.41, 5.74) is 4.80. The number of benzene rings is 1. The van der Waals surface area contributed by atoms with E-state index in [-0.39, 0.29) is 17.8 Å². The van der Waals surface area contributed by atoms with Gasteiger partial charge in [0.25, 0.3) is 5.91 Å². The van der Waals surface area contributed by atoms with Crippen LogP contribution in [-0.4, -0.2) is 41.5 Å². The lowest BCUT2D eigenvalue weighted by Crippen LogP contribution is -2.37. The van der Waals surface area contributed by atoms with E-state index < -0.39 is 0 Å². The number of methoxy groups -OCH3 is 1. The second-order valence-corrected chi connectivity index (χ2v) is 6.73. The first-order chi connectivity index (χ1) is 12.3. The van der Waals surface area contributed by atoms with Gasteiger partial charge in [0.15, 0.2) is 0 Å². The topological polar surface area (TPSA) is 51.5 Å². The molecule has 5 heteroatoms. The van der Waals surface area contributed by atoms with Crippen molar-refractivity contribution < 1.29 is 14.3 Å². The van der Waals surface area contributed by atoms with Crippen LogP contribution < -0.4 is 0 Å². The molecule has 0 saturated carbocycles. The standard InChI is InChI=1S/C21H28N2O3/c1-7-22(13-15(3)21(25)26-6)20(24)19-12-16(4)23(17(19)5)18-10-8-9-14(2)11-18/h8-12,15H,7,13H2,1-6H3. The molecule has 1 unspecified atom stereocenters. The van der Waals surface area contributed by atoms with Gasteiger partial charge in [0.1, 0.15) is 0 Å². The summed E-state index contributed by atoms with van der Waals surface area (Å²) in [5.74, 6) is -0.721. The summed E-state index contributed by atoms with van der Waals surface area (Å²) in [6, 6.07) is 10.1. The molecule has 0 N–H and O–H groups in total. The molecule has 140 valence electrons. The van der Waals surface area contributed by atoms with Crippen LogP contribution in [-0.2, 0) is 9.53 Å². The summed E-state index contributed by atoms with van der Waals surface area (Å²) >= 11 is 0. The highest BCUT2D eigenvalue weighted by Gasteiger charge is 2.24. The van der Waals surface area contributed by atoms with Gasteiger partial charge in [-0.3, -0.25) is 9.59 Å². The van der Waals surface area contributed by atoms with E-state index in [9.17, 15) is 9.59 Å². The van der Waals surface area contributed by atoms with Gasteiger partial charge in [0.2, 0.25) is 0 Å². The van der Waals surface area contributed by atoms with Crippen LogP contribution in [0.15, 0.2) is 30.3 Å². The molecular formula is C21H28N2O3. The summed E-state index contributed by atoms with van der Waals surface area (Å²) in [6.07, 6.45) is 0. The van der Waals surface area contributed by atoms with Crippen molar-refractivity contribution in [1.29, 1.82) is 0 Å². The minimum atomic E-state index is -0.357. The molecule has 1 atom stereocenters. The number of amides is 1. The summed E-state index contributed by atoms with van der Waals surface area (Å²) in [7, 11) is 1.37. The van der Waals surface area contributed by atoms with Crippen molar-refractivity contribution in [3.05, 3.63) is 52.8 Å². The minimum absolute atomic E-state index is 0.0599. The van der Waals surface area contributed by atoms with E-state index in [1.54, 1.807) is 11.8 Å². The van der Waals surface area contributed by atoms with Crippen molar-refractivity contribution in [1.82, 2.24) is 9.47 Å². The maximum Gasteiger partial charge on any atom is 0.310 e. The molecular weight excluding hydrogens is 328 g/mol. The molecule has 0 bridgehead atoms. The van der Waals surface area contributed by atoms with E-state index in [0.717, 1.165) is 17.1 Å². The Bertz CT molecular complexity index is 808. The number of aromatic nitrogens is 1. The molecule has 0 aliphatic heterocycles. The van der Waals surface area contributed by atoms with E-state index in [4.69, 9.17) is 4.74 Å². The average molecular weight is 356 g/mol. The number of esters is 1. The number of rotatable bonds is 6. The number of nitrogens with zero attached hydrogens (tertiary/aromatic N) is 2. The number of carbonyl (C=O) groups excluding carboxylic acids is 2. The van der Waals surface area contributed by atoms with Crippen LogP contribution in [0.25, 0.3) is 5.69 Å². The zero-order valence-electron chi connectivity index (χ0n) is 16.5. The van der Waals surface area contributed by atoms with E-state index in [0.29, 0.717) is 18.7 Å². The lowest BCUT2D eigenvalue weighted by molar-refractivity contribution is -0.145. The quantitative estimate of drug-likeness (QED) is 0.742. The molecule has 5 nitrogen and oxygen atoms in total. The van der Waals surface area contributed by atoms with Crippen LogP contribution in [0.4, 0.5) is 0 Å². The predicted molar refractivity (Wildman–Crippen MR) is 103 cm³/mol. The number of hydrogen-bond acceptors (Lipinski definition) is 3. The smallest absolute Gasteiger partial charge is 0.310 e. The normalized spacial score (nSPS) is 11.9. The van der Waals surface area contributed by atoms with E-state index >= 15 is 0 Å². The van der Waals surface area contributed by atoms with Crippen molar-refractivity contribution >= 4 is 11.9 Å². The largest absolute Gasteiger partial charge is 0.469 e. The zero-order valence-corrected chi connectivity index (χ0v) is 16.5. The summed E-state index contributed by atoms with van der Waals surface area (Å²) in [5, 5.41) is 0. The molecule has 2 aromatic rings. The van der Waals surface area contributed by atoms with Gasteiger partial charge >= 0.3 is 5.97 Å². The number of ether oxygens (including phenoxy) is 1. The highest BCUT2D eigenvalue weighted by molar-refractivity contribution is 5.96. The molecule has 0 spiro atoms. The van der Waals surface area contributed by atoms with Crippen molar-refractivity contribution in [2.24, 2.45) is 5.92 Å². The maximum absolute atomic E-state index is 13.1. The molecule has 0 fully saturated rings. The number of aryl methyl sites for hydroxylation is 2. The van der Waals surface area contributed by atoms with Crippen LogP contribution in [0.2, 0.25) is 0 Å². The molecule has 0 radical (unpaired) electrons. The minimum Gasteiger partial charge on any atom is -0.469 e. The van der Waals surface area contributed by atoms with Crippen molar-refractivity contribution in [3.8, 4) is 5.69 Å². The van der Waals surface area contributed by atoms with Gasteiger partial charge in [-0.1, -0.05) is 19.1 Å². The highest BCUT2D eigenvalue weighted by Crippen LogP contribution is 2.23. The van der Waals surface area contributed by atoms with E-state index in [1.165, 1.54) is 12.7 Å². The van der Waals surface area contributed by atoms with Crippen LogP contribution in [0.3, 0.4) is 0 Å². The van der Waals surface area contributed by atoms with Crippen LogP contribution >= 0.6 is 0 Å². The number of hydrogen-bond donors (Lipinski definition) is 0.